The Morgan fingerprint density at radius 1 is 1.38 bits per heavy atom. The van der Waals surface area contributed by atoms with Crippen LogP contribution in [0.4, 0.5) is 0 Å². The van der Waals surface area contributed by atoms with Crippen molar-refractivity contribution in [3.63, 3.8) is 0 Å². The zero-order valence-electron chi connectivity index (χ0n) is 13.8. The van der Waals surface area contributed by atoms with Crippen molar-refractivity contribution in [3.05, 3.63) is 12.2 Å². The van der Waals surface area contributed by atoms with Gasteiger partial charge in [0, 0.05) is 12.8 Å². The molecule has 130 valence electrons. The zero-order valence-corrected chi connectivity index (χ0v) is 13.8. The first kappa shape index (κ1) is 14.9. The fourth-order valence-electron chi connectivity index (χ4n) is 5.82. The Kier molecular flexibility index (Phi) is 2.39. The molecule has 5 aliphatic rings. The minimum absolute atomic E-state index is 0.275. The predicted octanol–water partition coefficient (Wildman–Crippen LogP) is -0.0470. The number of carbonyl (C=O) groups is 2. The lowest BCUT2D eigenvalue weighted by molar-refractivity contribution is -0.241. The third-order valence-electron chi connectivity index (χ3n) is 6.97. The molecule has 0 amide bonds. The molecule has 5 fully saturated rings. The maximum absolute atomic E-state index is 12.6. The van der Waals surface area contributed by atoms with Crippen molar-refractivity contribution >= 4 is 11.9 Å². The normalized spacial score (nSPS) is 58.8. The molecule has 0 radical (unpaired) electrons. The van der Waals surface area contributed by atoms with E-state index in [0.29, 0.717) is 6.61 Å². The van der Waals surface area contributed by atoms with Gasteiger partial charge in [0.1, 0.15) is 29.5 Å². The number of hydrogen-bond donors (Lipinski definition) is 1. The minimum Gasteiger partial charge on any atom is -0.458 e. The van der Waals surface area contributed by atoms with Crippen LogP contribution in [0.25, 0.3) is 0 Å². The molecule has 0 aromatic rings. The Balaban J connectivity index is 1.74. The summed E-state index contributed by atoms with van der Waals surface area (Å²) in [6, 6.07) is 0. The van der Waals surface area contributed by atoms with E-state index in [2.05, 4.69) is 6.58 Å². The molecule has 2 bridgehead atoms. The van der Waals surface area contributed by atoms with Gasteiger partial charge >= 0.3 is 11.9 Å². The Bertz CT molecular complexity index is 697. The van der Waals surface area contributed by atoms with Crippen molar-refractivity contribution in [3.8, 4) is 0 Å². The fraction of sp³-hybridized carbons (Fsp3) is 0.765. The number of epoxide rings is 2. The summed E-state index contributed by atoms with van der Waals surface area (Å²) in [5.41, 5.74) is -2.48. The number of carbonyl (C=O) groups excluding carboxylic acids is 2. The Morgan fingerprint density at radius 3 is 2.58 bits per heavy atom. The van der Waals surface area contributed by atoms with E-state index in [9.17, 15) is 14.7 Å². The molecular weight excluding hydrogens is 316 g/mol. The van der Waals surface area contributed by atoms with Gasteiger partial charge in [-0.3, -0.25) is 9.59 Å². The van der Waals surface area contributed by atoms with E-state index in [1.807, 2.05) is 6.92 Å². The van der Waals surface area contributed by atoms with Crippen molar-refractivity contribution in [2.24, 2.45) is 17.3 Å². The first-order chi connectivity index (χ1) is 11.2. The van der Waals surface area contributed by atoms with Gasteiger partial charge in [-0.2, -0.15) is 0 Å². The van der Waals surface area contributed by atoms with Crippen LogP contribution in [0.15, 0.2) is 12.2 Å². The summed E-state index contributed by atoms with van der Waals surface area (Å²) < 4.78 is 22.6. The lowest BCUT2D eigenvalue weighted by Gasteiger charge is -2.54. The molecule has 3 aliphatic heterocycles. The average Bonchev–Trinajstić information content (AvgIpc) is 3.35. The maximum atomic E-state index is 12.6. The molecule has 6 unspecified atom stereocenters. The summed E-state index contributed by atoms with van der Waals surface area (Å²) in [7, 11) is 0. The number of rotatable bonds is 2. The third-order valence-corrected chi connectivity index (χ3v) is 6.97. The molecule has 2 saturated carbocycles. The summed E-state index contributed by atoms with van der Waals surface area (Å²) in [5.74, 6) is -2.17. The molecule has 2 aliphatic carbocycles. The van der Waals surface area contributed by atoms with E-state index in [1.165, 1.54) is 6.92 Å². The van der Waals surface area contributed by atoms with Crippen LogP contribution in [0.1, 0.15) is 20.8 Å². The first-order valence-corrected chi connectivity index (χ1v) is 8.25. The van der Waals surface area contributed by atoms with E-state index < -0.39 is 58.7 Å². The van der Waals surface area contributed by atoms with Crippen LogP contribution in [-0.2, 0) is 28.5 Å². The topological polar surface area (TPSA) is 97.9 Å². The van der Waals surface area contributed by atoms with Crippen molar-refractivity contribution in [2.45, 2.75) is 56.4 Å². The second kappa shape index (κ2) is 3.86. The lowest BCUT2D eigenvalue weighted by atomic mass is 9.52. The standard InChI is InChI=1S/C17H20O7/c1-6(2)8-9-14(19)23-10(8)11(22-7(3)18)15(4)16(5-21-16)12-13(24-12)17(9,15)20/h8-13,20H,1,5H2,2-4H3/t8?,9?,10?,11?,12?,13?,15-,16+,17-/m0/s1. The van der Waals surface area contributed by atoms with Crippen molar-refractivity contribution in [2.75, 3.05) is 6.61 Å². The summed E-state index contributed by atoms with van der Waals surface area (Å²) in [6.45, 7) is 9.33. The molecule has 1 spiro atoms. The summed E-state index contributed by atoms with van der Waals surface area (Å²) in [4.78, 5) is 24.4. The molecular formula is C17H20O7. The molecule has 0 aromatic heterocycles. The van der Waals surface area contributed by atoms with E-state index in [4.69, 9.17) is 18.9 Å². The van der Waals surface area contributed by atoms with Gasteiger partial charge in [0.15, 0.2) is 6.10 Å². The molecule has 9 atom stereocenters. The molecule has 5 rings (SSSR count). The third kappa shape index (κ3) is 1.24. The van der Waals surface area contributed by atoms with Gasteiger partial charge in [0.05, 0.1) is 17.9 Å². The monoisotopic (exact) mass is 336 g/mol. The van der Waals surface area contributed by atoms with Crippen molar-refractivity contribution < 1.29 is 33.6 Å². The highest BCUT2D eigenvalue weighted by molar-refractivity contribution is 5.80. The van der Waals surface area contributed by atoms with E-state index in [0.717, 1.165) is 5.57 Å². The van der Waals surface area contributed by atoms with Gasteiger partial charge in [-0.1, -0.05) is 12.2 Å². The van der Waals surface area contributed by atoms with Gasteiger partial charge in [-0.25, -0.2) is 0 Å². The highest BCUT2D eigenvalue weighted by atomic mass is 16.7. The molecule has 24 heavy (non-hydrogen) atoms. The average molecular weight is 336 g/mol. The fourth-order valence-corrected chi connectivity index (χ4v) is 5.82. The summed E-state index contributed by atoms with van der Waals surface area (Å²) in [5, 5.41) is 11.8. The van der Waals surface area contributed by atoms with Crippen molar-refractivity contribution in [1.82, 2.24) is 0 Å². The van der Waals surface area contributed by atoms with Gasteiger partial charge in [-0.15, -0.1) is 0 Å². The number of aliphatic hydroxyl groups is 1. The Labute approximate surface area is 138 Å². The smallest absolute Gasteiger partial charge is 0.313 e. The van der Waals surface area contributed by atoms with Crippen LogP contribution in [0, 0.1) is 17.3 Å². The van der Waals surface area contributed by atoms with Crippen LogP contribution >= 0.6 is 0 Å². The lowest BCUT2D eigenvalue weighted by Crippen LogP contribution is -2.71. The van der Waals surface area contributed by atoms with E-state index >= 15 is 0 Å². The van der Waals surface area contributed by atoms with Crippen LogP contribution in [-0.4, -0.2) is 59.3 Å². The Morgan fingerprint density at radius 2 is 2.04 bits per heavy atom. The van der Waals surface area contributed by atoms with Crippen LogP contribution in [0.3, 0.4) is 0 Å². The molecule has 3 saturated heterocycles. The predicted molar refractivity (Wildman–Crippen MR) is 77.6 cm³/mol. The molecule has 7 heteroatoms. The largest absolute Gasteiger partial charge is 0.458 e. The minimum atomic E-state index is -1.51. The molecule has 7 nitrogen and oxygen atoms in total. The van der Waals surface area contributed by atoms with Crippen LogP contribution in [0.2, 0.25) is 0 Å². The quantitative estimate of drug-likeness (QED) is 0.429. The van der Waals surface area contributed by atoms with Crippen LogP contribution in [0.5, 0.6) is 0 Å². The molecule has 3 heterocycles. The van der Waals surface area contributed by atoms with E-state index in [-0.39, 0.29) is 6.10 Å². The Hall–Kier alpha value is -1.44. The zero-order chi connectivity index (χ0) is 17.2. The van der Waals surface area contributed by atoms with Gasteiger partial charge in [0.2, 0.25) is 0 Å². The second-order valence-electron chi connectivity index (χ2n) is 7.96. The molecule has 0 aromatic carbocycles. The van der Waals surface area contributed by atoms with Gasteiger partial charge < -0.3 is 24.1 Å². The molecule has 1 N–H and O–H groups in total. The van der Waals surface area contributed by atoms with Gasteiger partial charge in [0.25, 0.3) is 0 Å². The highest BCUT2D eigenvalue weighted by Gasteiger charge is 2.95. The summed E-state index contributed by atoms with van der Waals surface area (Å²) in [6.07, 6.45) is -2.25. The van der Waals surface area contributed by atoms with Gasteiger partial charge in [-0.05, 0) is 13.8 Å². The number of fused-ring (bicyclic) bond motifs is 8. The first-order valence-electron chi connectivity index (χ1n) is 8.25. The second-order valence-corrected chi connectivity index (χ2v) is 7.96. The summed E-state index contributed by atoms with van der Waals surface area (Å²) >= 11 is 0. The SMILES string of the molecule is C=C(C)C1C2OC(=O)C1[C@]1(O)C3OC3[C@]3(CO3)[C@]1(C)C2OC(C)=O. The van der Waals surface area contributed by atoms with Crippen LogP contribution < -0.4 is 0 Å². The number of esters is 2. The van der Waals surface area contributed by atoms with E-state index in [1.54, 1.807) is 6.92 Å². The number of hydrogen-bond acceptors (Lipinski definition) is 7. The number of ether oxygens (including phenoxy) is 4. The van der Waals surface area contributed by atoms with Crippen molar-refractivity contribution in [1.29, 1.82) is 0 Å². The highest BCUT2D eigenvalue weighted by Crippen LogP contribution is 2.76. The maximum Gasteiger partial charge on any atom is 0.313 e.